The Morgan fingerprint density at radius 1 is 1.26 bits per heavy atom. The van der Waals surface area contributed by atoms with E-state index in [1.807, 2.05) is 13.8 Å². The molecule has 23 heavy (non-hydrogen) atoms. The van der Waals surface area contributed by atoms with Gasteiger partial charge in [0.05, 0.1) is 18.6 Å². The number of carbonyl (C=O) groups is 2. The monoisotopic (exact) mass is 343 g/mol. The van der Waals surface area contributed by atoms with Gasteiger partial charge in [0.1, 0.15) is 5.75 Å². The van der Waals surface area contributed by atoms with Crippen molar-refractivity contribution >= 4 is 24.2 Å². The van der Waals surface area contributed by atoms with Crippen LogP contribution in [0.3, 0.4) is 0 Å². The summed E-state index contributed by atoms with van der Waals surface area (Å²) in [6.07, 6.45) is 1.79. The third-order valence-electron chi connectivity index (χ3n) is 3.87. The van der Waals surface area contributed by atoms with E-state index in [2.05, 4.69) is 5.32 Å². The molecule has 7 heteroatoms. The molecule has 6 nitrogen and oxygen atoms in total. The molecule has 0 saturated carbocycles. The van der Waals surface area contributed by atoms with Crippen LogP contribution in [-0.4, -0.2) is 30.5 Å². The van der Waals surface area contributed by atoms with E-state index in [9.17, 15) is 9.59 Å². The summed E-state index contributed by atoms with van der Waals surface area (Å²) in [5.74, 6) is -0.0952. The number of nitrogens with two attached hydrogens (primary N) is 2. The molecule has 0 heterocycles. The Labute approximate surface area is 143 Å². The number of benzene rings is 1. The largest absolute Gasteiger partial charge is 0.493 e. The molecule has 1 aromatic carbocycles. The minimum atomic E-state index is -0.512. The average molecular weight is 344 g/mol. The van der Waals surface area contributed by atoms with E-state index in [4.69, 9.17) is 16.2 Å². The lowest BCUT2D eigenvalue weighted by Gasteiger charge is -2.31. The molecule has 0 unspecified atom stereocenters. The molecule has 0 fully saturated rings. The Balaban J connectivity index is 0.00000484. The van der Waals surface area contributed by atoms with Crippen LogP contribution in [0.4, 0.5) is 0 Å². The maximum atomic E-state index is 12.0. The summed E-state index contributed by atoms with van der Waals surface area (Å²) in [5.41, 5.74) is 11.0. The summed E-state index contributed by atoms with van der Waals surface area (Å²) in [6.45, 7) is 4.64. The molecule has 0 saturated heterocycles. The molecule has 2 amide bonds. The Morgan fingerprint density at radius 2 is 1.91 bits per heavy atom. The Morgan fingerprint density at radius 3 is 2.43 bits per heavy atom. The van der Waals surface area contributed by atoms with Crippen molar-refractivity contribution in [1.82, 2.24) is 5.32 Å². The fraction of sp³-hybridized carbons (Fsp3) is 0.500. The number of ether oxygens (including phenoxy) is 1. The van der Waals surface area contributed by atoms with Crippen molar-refractivity contribution in [1.29, 1.82) is 0 Å². The molecule has 1 aromatic rings. The van der Waals surface area contributed by atoms with Crippen LogP contribution in [0, 0.1) is 0 Å². The summed E-state index contributed by atoms with van der Waals surface area (Å²) in [5, 5.41) is 2.98. The zero-order chi connectivity index (χ0) is 16.6. The van der Waals surface area contributed by atoms with E-state index in [1.165, 1.54) is 0 Å². The Hall–Kier alpha value is -1.79. The molecule has 0 aliphatic rings. The van der Waals surface area contributed by atoms with Crippen molar-refractivity contribution in [2.24, 2.45) is 11.5 Å². The van der Waals surface area contributed by atoms with Crippen molar-refractivity contribution < 1.29 is 14.3 Å². The van der Waals surface area contributed by atoms with Crippen LogP contribution in [0.5, 0.6) is 5.75 Å². The highest BCUT2D eigenvalue weighted by atomic mass is 35.5. The zero-order valence-electron chi connectivity index (χ0n) is 13.6. The van der Waals surface area contributed by atoms with E-state index in [1.54, 1.807) is 24.3 Å². The number of halogens is 1. The van der Waals surface area contributed by atoms with Crippen molar-refractivity contribution in [2.75, 3.05) is 13.2 Å². The van der Waals surface area contributed by atoms with Crippen molar-refractivity contribution in [3.05, 3.63) is 29.8 Å². The molecule has 0 aliphatic heterocycles. The van der Waals surface area contributed by atoms with E-state index in [0.29, 0.717) is 17.9 Å². The summed E-state index contributed by atoms with van der Waals surface area (Å²) >= 11 is 0. The first-order valence-electron chi connectivity index (χ1n) is 7.50. The number of primary amides is 1. The third-order valence-corrected chi connectivity index (χ3v) is 3.87. The number of nitrogens with one attached hydrogen (secondary N) is 1. The number of carbonyl (C=O) groups excluding carboxylic acids is 2. The van der Waals surface area contributed by atoms with Gasteiger partial charge in [-0.2, -0.15) is 0 Å². The SMILES string of the molecule is CCC(CC)(CN)NC(=O)CCOc1cccc(C(N)=O)c1.Cl. The lowest BCUT2D eigenvalue weighted by Crippen LogP contribution is -2.53. The highest BCUT2D eigenvalue weighted by Crippen LogP contribution is 2.15. The van der Waals surface area contributed by atoms with Crippen molar-refractivity contribution in [2.45, 2.75) is 38.6 Å². The standard InChI is InChI=1S/C16H25N3O3.ClH/c1-3-16(4-2,11-17)19-14(20)8-9-22-13-7-5-6-12(10-13)15(18)21;/h5-7,10H,3-4,8-9,11,17H2,1-2H3,(H2,18,21)(H,19,20);1H. The summed E-state index contributed by atoms with van der Waals surface area (Å²) < 4.78 is 5.48. The fourth-order valence-electron chi connectivity index (χ4n) is 2.13. The maximum Gasteiger partial charge on any atom is 0.248 e. The molecule has 0 spiro atoms. The van der Waals surface area contributed by atoms with Crippen molar-refractivity contribution in [3.8, 4) is 5.75 Å². The second-order valence-electron chi connectivity index (χ2n) is 5.23. The van der Waals surface area contributed by atoms with Gasteiger partial charge in [-0.25, -0.2) is 0 Å². The smallest absolute Gasteiger partial charge is 0.248 e. The van der Waals surface area contributed by atoms with Crippen LogP contribution in [-0.2, 0) is 4.79 Å². The van der Waals surface area contributed by atoms with Crippen LogP contribution in [0.25, 0.3) is 0 Å². The highest BCUT2D eigenvalue weighted by Gasteiger charge is 2.25. The summed E-state index contributed by atoms with van der Waals surface area (Å²) in [7, 11) is 0. The lowest BCUT2D eigenvalue weighted by atomic mass is 9.93. The zero-order valence-corrected chi connectivity index (χ0v) is 14.4. The summed E-state index contributed by atoms with van der Waals surface area (Å²) in [4.78, 5) is 23.1. The first kappa shape index (κ1) is 21.2. The number of rotatable bonds is 9. The first-order valence-corrected chi connectivity index (χ1v) is 7.50. The van der Waals surface area contributed by atoms with Crippen LogP contribution in [0.1, 0.15) is 43.5 Å². The first-order chi connectivity index (χ1) is 10.5. The highest BCUT2D eigenvalue weighted by molar-refractivity contribution is 5.93. The number of hydrogen-bond donors (Lipinski definition) is 3. The van der Waals surface area contributed by atoms with Gasteiger partial charge >= 0.3 is 0 Å². The van der Waals surface area contributed by atoms with Gasteiger partial charge in [-0.3, -0.25) is 9.59 Å². The second-order valence-corrected chi connectivity index (χ2v) is 5.23. The molecule has 0 atom stereocenters. The molecule has 130 valence electrons. The quantitative estimate of drug-likeness (QED) is 0.633. The second kappa shape index (κ2) is 10.1. The minimum Gasteiger partial charge on any atom is -0.493 e. The minimum absolute atomic E-state index is 0. The van der Waals surface area contributed by atoms with Gasteiger partial charge < -0.3 is 21.5 Å². The van der Waals surface area contributed by atoms with Gasteiger partial charge in [0, 0.05) is 12.1 Å². The van der Waals surface area contributed by atoms with E-state index >= 15 is 0 Å². The van der Waals surface area contributed by atoms with E-state index < -0.39 is 5.91 Å². The van der Waals surface area contributed by atoms with Crippen LogP contribution >= 0.6 is 12.4 Å². The topological polar surface area (TPSA) is 107 Å². The molecule has 1 rings (SSSR count). The average Bonchev–Trinajstić information content (AvgIpc) is 2.53. The van der Waals surface area contributed by atoms with Gasteiger partial charge in [-0.1, -0.05) is 19.9 Å². The summed E-state index contributed by atoms with van der Waals surface area (Å²) in [6, 6.07) is 6.57. The van der Waals surface area contributed by atoms with Crippen LogP contribution < -0.4 is 21.5 Å². The molecule has 0 aromatic heterocycles. The molecular weight excluding hydrogens is 318 g/mol. The van der Waals surface area contributed by atoms with Crippen molar-refractivity contribution in [3.63, 3.8) is 0 Å². The third kappa shape index (κ3) is 6.46. The normalized spacial score (nSPS) is 10.6. The van der Waals surface area contributed by atoms with Gasteiger partial charge in [0.15, 0.2) is 0 Å². The predicted octanol–water partition coefficient (Wildman–Crippen LogP) is 1.61. The molecule has 0 aliphatic carbocycles. The van der Waals surface area contributed by atoms with Gasteiger partial charge in [0.25, 0.3) is 0 Å². The molecule has 0 bridgehead atoms. The lowest BCUT2D eigenvalue weighted by molar-refractivity contribution is -0.123. The number of amides is 2. The van der Waals surface area contributed by atoms with E-state index in [0.717, 1.165) is 12.8 Å². The van der Waals surface area contributed by atoms with Gasteiger partial charge in [-0.05, 0) is 31.0 Å². The maximum absolute atomic E-state index is 12.0. The van der Waals surface area contributed by atoms with Crippen LogP contribution in [0.2, 0.25) is 0 Å². The molecule has 0 radical (unpaired) electrons. The Kier molecular flexibility index (Phi) is 9.29. The predicted molar refractivity (Wildman–Crippen MR) is 92.8 cm³/mol. The van der Waals surface area contributed by atoms with E-state index in [-0.39, 0.29) is 36.9 Å². The molecular formula is C16H26ClN3O3. The molecule has 5 N–H and O–H groups in total. The van der Waals surface area contributed by atoms with Gasteiger partial charge in [0.2, 0.25) is 11.8 Å². The van der Waals surface area contributed by atoms with Gasteiger partial charge in [-0.15, -0.1) is 12.4 Å². The number of hydrogen-bond acceptors (Lipinski definition) is 4. The Bertz CT molecular complexity index is 511. The van der Waals surface area contributed by atoms with Crippen LogP contribution in [0.15, 0.2) is 24.3 Å². The fourth-order valence-corrected chi connectivity index (χ4v) is 2.13.